The van der Waals surface area contributed by atoms with Crippen molar-refractivity contribution in [1.82, 2.24) is 15.5 Å². The van der Waals surface area contributed by atoms with Crippen molar-refractivity contribution < 1.29 is 19.1 Å². The molecular weight excluding hydrogens is 382 g/mol. The Hall–Kier alpha value is -1.78. The minimum Gasteiger partial charge on any atom is -0.469 e. The largest absolute Gasteiger partial charge is 0.469 e. The van der Waals surface area contributed by atoms with Gasteiger partial charge in [0.15, 0.2) is 0 Å². The number of hydrogen-bond acceptors (Lipinski definition) is 5. The monoisotopic (exact) mass is 413 g/mol. The van der Waals surface area contributed by atoms with Crippen LogP contribution in [0.25, 0.3) is 0 Å². The summed E-state index contributed by atoms with van der Waals surface area (Å²) in [5.74, 6) is 2.22. The zero-order valence-corrected chi connectivity index (χ0v) is 17.4. The Morgan fingerprint density at radius 2 is 2.00 bits per heavy atom. The molecule has 0 spiro atoms. The van der Waals surface area contributed by atoms with Gasteiger partial charge in [0.2, 0.25) is 11.8 Å². The van der Waals surface area contributed by atoms with Crippen LogP contribution in [0, 0.1) is 24.2 Å². The number of nitrogens with one attached hydrogen (secondary N) is 2. The van der Waals surface area contributed by atoms with E-state index in [4.69, 9.17) is 6.42 Å². The van der Waals surface area contributed by atoms with E-state index in [2.05, 4.69) is 21.3 Å². The van der Waals surface area contributed by atoms with Gasteiger partial charge in [-0.05, 0) is 51.1 Å². The highest BCUT2D eigenvalue weighted by molar-refractivity contribution is 5.85. The van der Waals surface area contributed by atoms with Crippen LogP contribution in [0.1, 0.15) is 44.9 Å². The van der Waals surface area contributed by atoms with Gasteiger partial charge in [-0.1, -0.05) is 5.92 Å². The molecule has 0 bridgehead atoms. The number of carbonyl (C=O) groups excluding carboxylic acids is 3. The van der Waals surface area contributed by atoms with E-state index in [-0.39, 0.29) is 36.6 Å². The van der Waals surface area contributed by atoms with Crippen LogP contribution in [0.4, 0.5) is 0 Å². The maximum Gasteiger partial charge on any atom is 0.308 e. The topological polar surface area (TPSA) is 87.7 Å². The lowest BCUT2D eigenvalue weighted by atomic mass is 9.92. The summed E-state index contributed by atoms with van der Waals surface area (Å²) in [5, 5.41) is 6.06. The first kappa shape index (κ1) is 24.3. The fourth-order valence-corrected chi connectivity index (χ4v) is 3.76. The molecule has 2 heterocycles. The van der Waals surface area contributed by atoms with Crippen LogP contribution in [-0.4, -0.2) is 62.0 Å². The molecule has 0 aromatic rings. The van der Waals surface area contributed by atoms with Crippen molar-refractivity contribution in [3.8, 4) is 12.3 Å². The lowest BCUT2D eigenvalue weighted by molar-refractivity contribution is -0.141. The minimum absolute atomic E-state index is 0. The van der Waals surface area contributed by atoms with Gasteiger partial charge in [-0.2, -0.15) is 0 Å². The number of methoxy groups -OCH3 is 1. The molecule has 28 heavy (non-hydrogen) atoms. The molecule has 158 valence electrons. The Kier molecular flexibility index (Phi) is 10.9. The Bertz CT molecular complexity index is 572. The maximum absolute atomic E-state index is 12.6. The molecule has 2 aliphatic rings. The van der Waals surface area contributed by atoms with E-state index in [9.17, 15) is 14.4 Å². The standard InChI is InChI=1S/C20H31N3O4.ClH/c1-3-17(13-19(25)27-2)22-20(26)16-5-4-12-23(14-16)18(24)7-6-15-8-10-21-11-9-15;/h1,15-17,21H,4-14H2,2H3,(H,22,26);1H/t16-,17-;/m1./s1. The van der Waals surface area contributed by atoms with Gasteiger partial charge in [0.05, 0.1) is 19.4 Å². The summed E-state index contributed by atoms with van der Waals surface area (Å²) < 4.78 is 4.59. The number of halogens is 1. The molecule has 0 aromatic heterocycles. The Balaban J connectivity index is 0.00000392. The third kappa shape index (κ3) is 7.69. The average molecular weight is 414 g/mol. The fourth-order valence-electron chi connectivity index (χ4n) is 3.76. The summed E-state index contributed by atoms with van der Waals surface area (Å²) in [6.07, 6.45) is 10.6. The van der Waals surface area contributed by atoms with Gasteiger partial charge >= 0.3 is 5.97 Å². The van der Waals surface area contributed by atoms with Crippen LogP contribution >= 0.6 is 12.4 Å². The normalized spacial score (nSPS) is 21.0. The first-order valence-corrected chi connectivity index (χ1v) is 9.85. The zero-order valence-electron chi connectivity index (χ0n) is 16.6. The fraction of sp³-hybridized carbons (Fsp3) is 0.750. The minimum atomic E-state index is -0.684. The molecule has 8 heteroatoms. The predicted molar refractivity (Wildman–Crippen MR) is 109 cm³/mol. The van der Waals surface area contributed by atoms with Crippen molar-refractivity contribution in [3.63, 3.8) is 0 Å². The molecule has 2 saturated heterocycles. The predicted octanol–water partition coefficient (Wildman–Crippen LogP) is 1.11. The van der Waals surface area contributed by atoms with Crippen molar-refractivity contribution >= 4 is 30.2 Å². The lowest BCUT2D eigenvalue weighted by Crippen LogP contribution is -2.47. The number of carbonyl (C=O) groups is 3. The number of esters is 1. The SMILES string of the molecule is C#C[C@H](CC(=O)OC)NC(=O)[C@@H]1CCCN(C(=O)CCC2CCNCC2)C1.Cl. The number of piperidine rings is 2. The van der Waals surface area contributed by atoms with Gasteiger partial charge in [-0.3, -0.25) is 14.4 Å². The van der Waals surface area contributed by atoms with Crippen LogP contribution in [0.3, 0.4) is 0 Å². The van der Waals surface area contributed by atoms with Crippen molar-refractivity contribution in [2.45, 2.75) is 51.0 Å². The van der Waals surface area contributed by atoms with Crippen LogP contribution in [0.15, 0.2) is 0 Å². The number of rotatable bonds is 7. The third-order valence-electron chi connectivity index (χ3n) is 5.49. The van der Waals surface area contributed by atoms with Gasteiger partial charge in [-0.25, -0.2) is 0 Å². The first-order valence-electron chi connectivity index (χ1n) is 9.85. The van der Waals surface area contributed by atoms with Crippen LogP contribution in [-0.2, 0) is 19.1 Å². The maximum atomic E-state index is 12.6. The molecule has 2 amide bonds. The Labute approximate surface area is 173 Å². The van der Waals surface area contributed by atoms with Gasteiger partial charge < -0.3 is 20.3 Å². The van der Waals surface area contributed by atoms with E-state index in [1.165, 1.54) is 7.11 Å². The van der Waals surface area contributed by atoms with Crippen molar-refractivity contribution in [1.29, 1.82) is 0 Å². The van der Waals surface area contributed by atoms with E-state index in [0.29, 0.717) is 25.4 Å². The number of nitrogens with zero attached hydrogens (tertiary/aromatic N) is 1. The van der Waals surface area contributed by atoms with Gasteiger partial charge in [0, 0.05) is 19.5 Å². The van der Waals surface area contributed by atoms with Crippen molar-refractivity contribution in [3.05, 3.63) is 0 Å². The quantitative estimate of drug-likeness (QED) is 0.482. The summed E-state index contributed by atoms with van der Waals surface area (Å²) in [5.41, 5.74) is 0. The molecule has 0 saturated carbocycles. The lowest BCUT2D eigenvalue weighted by Gasteiger charge is -2.33. The summed E-state index contributed by atoms with van der Waals surface area (Å²) >= 11 is 0. The molecular formula is C20H32ClN3O4. The number of terminal acetylenes is 1. The van der Waals surface area contributed by atoms with Crippen molar-refractivity contribution in [2.24, 2.45) is 11.8 Å². The molecule has 2 rings (SSSR count). The molecule has 2 atom stereocenters. The molecule has 0 aliphatic carbocycles. The Morgan fingerprint density at radius 3 is 2.64 bits per heavy atom. The molecule has 0 unspecified atom stereocenters. The number of hydrogen-bond donors (Lipinski definition) is 2. The second-order valence-electron chi connectivity index (χ2n) is 7.42. The zero-order chi connectivity index (χ0) is 19.6. The van der Waals surface area contributed by atoms with Gasteiger partial charge in [-0.15, -0.1) is 18.8 Å². The summed E-state index contributed by atoms with van der Waals surface area (Å²) in [4.78, 5) is 38.2. The number of likely N-dealkylation sites (tertiary alicyclic amines) is 1. The number of amides is 2. The summed E-state index contributed by atoms with van der Waals surface area (Å²) in [6.45, 7) is 3.20. The smallest absolute Gasteiger partial charge is 0.308 e. The van der Waals surface area contributed by atoms with Crippen LogP contribution < -0.4 is 10.6 Å². The molecule has 7 nitrogen and oxygen atoms in total. The van der Waals surface area contributed by atoms with Crippen molar-refractivity contribution in [2.75, 3.05) is 33.3 Å². The molecule has 2 fully saturated rings. The molecule has 2 N–H and O–H groups in total. The molecule has 0 radical (unpaired) electrons. The van der Waals surface area contributed by atoms with E-state index >= 15 is 0 Å². The van der Waals surface area contributed by atoms with Gasteiger partial charge in [0.25, 0.3) is 0 Å². The van der Waals surface area contributed by atoms with E-state index < -0.39 is 12.0 Å². The van der Waals surface area contributed by atoms with E-state index in [0.717, 1.165) is 45.2 Å². The van der Waals surface area contributed by atoms with E-state index in [1.807, 2.05) is 0 Å². The highest BCUT2D eigenvalue weighted by atomic mass is 35.5. The second kappa shape index (κ2) is 12.6. The average Bonchev–Trinajstić information content (AvgIpc) is 2.72. The molecule has 2 aliphatic heterocycles. The Morgan fingerprint density at radius 1 is 1.29 bits per heavy atom. The first-order chi connectivity index (χ1) is 13.0. The summed E-state index contributed by atoms with van der Waals surface area (Å²) in [7, 11) is 1.28. The molecule has 0 aromatic carbocycles. The van der Waals surface area contributed by atoms with Gasteiger partial charge in [0.1, 0.15) is 6.04 Å². The van der Waals surface area contributed by atoms with E-state index in [1.54, 1.807) is 4.90 Å². The highest BCUT2D eigenvalue weighted by Crippen LogP contribution is 2.21. The van der Waals surface area contributed by atoms with Crippen LogP contribution in [0.5, 0.6) is 0 Å². The second-order valence-corrected chi connectivity index (χ2v) is 7.42. The highest BCUT2D eigenvalue weighted by Gasteiger charge is 2.30. The summed E-state index contributed by atoms with van der Waals surface area (Å²) in [6, 6.07) is -0.684. The van der Waals surface area contributed by atoms with Crippen LogP contribution in [0.2, 0.25) is 0 Å². The third-order valence-corrected chi connectivity index (χ3v) is 5.49. The number of ether oxygens (including phenoxy) is 1.